The molecular formula is C20H18Cl2FN3O4S. The first-order valence-electron chi connectivity index (χ1n) is 9.26. The van der Waals surface area contributed by atoms with Crippen LogP contribution in [0.2, 0.25) is 10.0 Å². The van der Waals surface area contributed by atoms with Crippen molar-refractivity contribution in [1.82, 2.24) is 14.8 Å². The summed E-state index contributed by atoms with van der Waals surface area (Å²) >= 11 is 12.9. The van der Waals surface area contributed by atoms with Gasteiger partial charge in [0.15, 0.2) is 0 Å². The van der Waals surface area contributed by atoms with Gasteiger partial charge in [0.2, 0.25) is 0 Å². The Hall–Kier alpha value is -1.72. The molecule has 7 nitrogen and oxygen atoms in total. The predicted molar refractivity (Wildman–Crippen MR) is 115 cm³/mol. The molecule has 2 aromatic heterocycles. The minimum atomic E-state index is -1.23. The molecule has 11 heteroatoms. The maximum atomic E-state index is 13.8. The molecule has 0 unspecified atom stereocenters. The Morgan fingerprint density at radius 3 is 2.61 bits per heavy atom. The van der Waals surface area contributed by atoms with E-state index in [0.29, 0.717) is 21.0 Å². The smallest absolute Gasteiger partial charge is 0.142 e. The number of hydrogen-bond acceptors (Lipinski definition) is 7. The third kappa shape index (κ3) is 4.73. The summed E-state index contributed by atoms with van der Waals surface area (Å²) < 4.78 is 20.9. The third-order valence-electron chi connectivity index (χ3n) is 4.94. The van der Waals surface area contributed by atoms with E-state index in [2.05, 4.69) is 10.1 Å². The zero-order valence-electron chi connectivity index (χ0n) is 15.8. The van der Waals surface area contributed by atoms with Gasteiger partial charge in [-0.05, 0) is 23.8 Å². The van der Waals surface area contributed by atoms with E-state index in [-0.39, 0.29) is 5.02 Å². The number of thioether (sulfide) groups is 1. The minimum Gasteiger partial charge on any atom is -0.394 e. The fourth-order valence-corrected chi connectivity index (χ4v) is 4.83. The van der Waals surface area contributed by atoms with Crippen molar-refractivity contribution in [3.8, 4) is 11.1 Å². The summed E-state index contributed by atoms with van der Waals surface area (Å²) in [5.74, 6) is -0.565. The van der Waals surface area contributed by atoms with Crippen molar-refractivity contribution in [3.05, 3.63) is 64.9 Å². The molecule has 3 N–H and O–H groups in total. The number of ether oxygens (including phenoxy) is 1. The molecule has 31 heavy (non-hydrogen) atoms. The van der Waals surface area contributed by atoms with Crippen LogP contribution in [0.4, 0.5) is 4.39 Å². The lowest BCUT2D eigenvalue weighted by molar-refractivity contribution is -0.178. The Labute approximate surface area is 191 Å². The lowest BCUT2D eigenvalue weighted by Gasteiger charge is -2.42. The van der Waals surface area contributed by atoms with Crippen LogP contribution in [0.15, 0.2) is 53.9 Å². The van der Waals surface area contributed by atoms with Crippen LogP contribution < -0.4 is 0 Å². The molecule has 1 aliphatic rings. The maximum absolute atomic E-state index is 13.8. The topological polar surface area (TPSA) is 101 Å². The van der Waals surface area contributed by atoms with Gasteiger partial charge < -0.3 is 20.1 Å². The number of aliphatic hydroxyl groups excluding tert-OH is 3. The highest BCUT2D eigenvalue weighted by molar-refractivity contribution is 7.99. The molecule has 5 atom stereocenters. The third-order valence-corrected chi connectivity index (χ3v) is 6.57. The Morgan fingerprint density at radius 2 is 1.90 bits per heavy atom. The van der Waals surface area contributed by atoms with Crippen molar-refractivity contribution in [1.29, 1.82) is 0 Å². The van der Waals surface area contributed by atoms with Gasteiger partial charge in [-0.3, -0.25) is 9.67 Å². The summed E-state index contributed by atoms with van der Waals surface area (Å²) in [6.45, 7) is -0.453. The molecule has 4 rings (SSSR count). The molecule has 1 fully saturated rings. The lowest BCUT2D eigenvalue weighted by atomic mass is 9.97. The van der Waals surface area contributed by atoms with Crippen molar-refractivity contribution >= 4 is 35.0 Å². The number of aliphatic hydroxyl groups is 3. The molecule has 1 saturated heterocycles. The van der Waals surface area contributed by atoms with Crippen molar-refractivity contribution in [2.75, 3.05) is 6.61 Å². The summed E-state index contributed by atoms with van der Waals surface area (Å²) in [5, 5.41) is 36.1. The Bertz CT molecular complexity index is 1070. The Morgan fingerprint density at radius 1 is 1.10 bits per heavy atom. The van der Waals surface area contributed by atoms with Crippen LogP contribution in [-0.2, 0) is 4.74 Å². The molecule has 0 aliphatic carbocycles. The van der Waals surface area contributed by atoms with Crippen LogP contribution in [-0.4, -0.2) is 60.4 Å². The average molecular weight is 486 g/mol. The van der Waals surface area contributed by atoms with E-state index in [1.165, 1.54) is 41.0 Å². The molecule has 0 spiro atoms. The average Bonchev–Trinajstić information content (AvgIpc) is 3.22. The number of halogens is 3. The number of benzene rings is 1. The highest BCUT2D eigenvalue weighted by Crippen LogP contribution is 2.38. The van der Waals surface area contributed by atoms with Crippen molar-refractivity contribution in [3.63, 3.8) is 0 Å². The fourth-order valence-electron chi connectivity index (χ4n) is 3.39. The van der Waals surface area contributed by atoms with Gasteiger partial charge in [-0.1, -0.05) is 41.0 Å². The van der Waals surface area contributed by atoms with E-state index in [1.54, 1.807) is 24.5 Å². The Balaban J connectivity index is 1.62. The quantitative estimate of drug-likeness (QED) is 0.510. The number of hydrogen-bond donors (Lipinski definition) is 3. The van der Waals surface area contributed by atoms with Gasteiger partial charge in [0, 0.05) is 29.0 Å². The second-order valence-electron chi connectivity index (χ2n) is 6.99. The zero-order chi connectivity index (χ0) is 22.1. The number of nitrogens with zero attached hydrogens (tertiary/aromatic N) is 3. The van der Waals surface area contributed by atoms with E-state index >= 15 is 0 Å². The molecule has 3 aromatic rings. The molecule has 164 valence electrons. The lowest BCUT2D eigenvalue weighted by Crippen LogP contribution is -2.54. The summed E-state index contributed by atoms with van der Waals surface area (Å²) in [5.41, 5.74) is 0.288. The van der Waals surface area contributed by atoms with Crippen molar-refractivity contribution in [2.45, 2.75) is 34.7 Å². The number of aromatic nitrogens is 3. The van der Waals surface area contributed by atoms with E-state index in [1.807, 2.05) is 0 Å². The van der Waals surface area contributed by atoms with Gasteiger partial charge in [-0.2, -0.15) is 5.10 Å². The first kappa shape index (κ1) is 22.5. The summed E-state index contributed by atoms with van der Waals surface area (Å²) in [6, 6.07) is 5.12. The largest absolute Gasteiger partial charge is 0.394 e. The van der Waals surface area contributed by atoms with Gasteiger partial charge in [0.1, 0.15) is 35.6 Å². The van der Waals surface area contributed by atoms with Gasteiger partial charge >= 0.3 is 0 Å². The molecule has 1 aliphatic heterocycles. The predicted octanol–water partition coefficient (Wildman–Crippen LogP) is 3.16. The monoisotopic (exact) mass is 485 g/mol. The van der Waals surface area contributed by atoms with E-state index < -0.39 is 42.2 Å². The highest BCUT2D eigenvalue weighted by atomic mass is 35.5. The molecule has 0 saturated carbocycles. The summed E-state index contributed by atoms with van der Waals surface area (Å²) in [4.78, 5) is 4.66. The van der Waals surface area contributed by atoms with Gasteiger partial charge in [0.05, 0.1) is 22.8 Å². The molecule has 0 radical (unpaired) electrons. The van der Waals surface area contributed by atoms with E-state index in [4.69, 9.17) is 27.9 Å². The van der Waals surface area contributed by atoms with E-state index in [9.17, 15) is 19.7 Å². The first-order valence-corrected chi connectivity index (χ1v) is 10.9. The first-order chi connectivity index (χ1) is 14.9. The second kappa shape index (κ2) is 9.41. The van der Waals surface area contributed by atoms with Crippen molar-refractivity contribution < 1.29 is 24.4 Å². The van der Waals surface area contributed by atoms with Crippen LogP contribution in [0.1, 0.15) is 6.04 Å². The SMILES string of the molecule is OC[C@H]1O[C@H](Sc2cncc(Cl)c2)[C@H](O)[C@@H](n2cc(-c3ccc(Cl)c(F)c3)cn2)[C@H]1O. The number of pyridine rings is 1. The van der Waals surface area contributed by atoms with Crippen molar-refractivity contribution in [2.24, 2.45) is 0 Å². The van der Waals surface area contributed by atoms with Gasteiger partial charge in [-0.15, -0.1) is 0 Å². The second-order valence-corrected chi connectivity index (χ2v) is 9.01. The minimum absolute atomic E-state index is 0.00701. The van der Waals surface area contributed by atoms with Crippen LogP contribution in [0, 0.1) is 5.82 Å². The number of rotatable bonds is 5. The normalized spacial score (nSPS) is 26.2. The van der Waals surface area contributed by atoms with Gasteiger partial charge in [-0.25, -0.2) is 4.39 Å². The standard InChI is InChI=1S/C20H18Cl2FN3O4S/c21-12-4-13(7-24-6-12)31-20-19(29)17(18(28)16(9-27)30-20)26-8-11(5-25-26)10-1-2-14(22)15(23)3-10/h1-8,16-20,27-29H,9H2/t16-,17+,18+,19-,20-/m1/s1. The van der Waals surface area contributed by atoms with Crippen LogP contribution >= 0.6 is 35.0 Å². The maximum Gasteiger partial charge on any atom is 0.142 e. The van der Waals surface area contributed by atoms with E-state index in [0.717, 1.165) is 0 Å². The highest BCUT2D eigenvalue weighted by Gasteiger charge is 2.46. The molecule has 3 heterocycles. The molecular weight excluding hydrogens is 468 g/mol. The zero-order valence-corrected chi connectivity index (χ0v) is 18.2. The van der Waals surface area contributed by atoms with Crippen LogP contribution in [0.25, 0.3) is 11.1 Å². The van der Waals surface area contributed by atoms with Gasteiger partial charge in [0.25, 0.3) is 0 Å². The summed E-state index contributed by atoms with van der Waals surface area (Å²) in [6.07, 6.45) is 2.77. The molecule has 0 amide bonds. The van der Waals surface area contributed by atoms with Crippen LogP contribution in [0.3, 0.4) is 0 Å². The fraction of sp³-hybridized carbons (Fsp3) is 0.300. The summed E-state index contributed by atoms with van der Waals surface area (Å²) in [7, 11) is 0. The Kier molecular flexibility index (Phi) is 6.83. The molecule has 0 bridgehead atoms. The molecule has 1 aromatic carbocycles. The van der Waals surface area contributed by atoms with Crippen LogP contribution in [0.5, 0.6) is 0 Å².